The van der Waals surface area contributed by atoms with Crippen molar-refractivity contribution in [1.29, 1.82) is 0 Å². The topological polar surface area (TPSA) is 58.2 Å². The Morgan fingerprint density at radius 3 is 3.21 bits per heavy atom. The van der Waals surface area contributed by atoms with Gasteiger partial charge in [0.2, 0.25) is 0 Å². The molecule has 6 heteroatoms. The molecular formula is C13H14ClN3O2. The molecule has 0 spiro atoms. The average molecular weight is 280 g/mol. The molecule has 5 nitrogen and oxygen atoms in total. The van der Waals surface area contributed by atoms with Crippen molar-refractivity contribution >= 4 is 28.3 Å². The van der Waals surface area contributed by atoms with Crippen LogP contribution < -0.4 is 10.3 Å². The van der Waals surface area contributed by atoms with Crippen LogP contribution in [0.4, 0.5) is 5.82 Å². The summed E-state index contributed by atoms with van der Waals surface area (Å²) in [5.74, 6) is 0.767. The summed E-state index contributed by atoms with van der Waals surface area (Å²) < 4.78 is 5.40. The van der Waals surface area contributed by atoms with Gasteiger partial charge >= 0.3 is 0 Å². The Balaban J connectivity index is 2.15. The summed E-state index contributed by atoms with van der Waals surface area (Å²) in [4.78, 5) is 21.5. The van der Waals surface area contributed by atoms with E-state index >= 15 is 0 Å². The highest BCUT2D eigenvalue weighted by Gasteiger charge is 2.20. The molecule has 1 aliphatic heterocycles. The molecule has 2 aromatic heterocycles. The second-order valence-electron chi connectivity index (χ2n) is 4.66. The van der Waals surface area contributed by atoms with Crippen molar-refractivity contribution in [2.24, 2.45) is 0 Å². The molecular weight excluding hydrogens is 266 g/mol. The molecule has 0 radical (unpaired) electrons. The Kier molecular flexibility index (Phi) is 3.16. The number of morpholine rings is 1. The van der Waals surface area contributed by atoms with Crippen LogP contribution in [0.15, 0.2) is 23.1 Å². The van der Waals surface area contributed by atoms with Crippen LogP contribution in [-0.2, 0) is 4.74 Å². The first-order valence-electron chi connectivity index (χ1n) is 6.19. The van der Waals surface area contributed by atoms with Gasteiger partial charge in [-0.05, 0) is 13.0 Å². The van der Waals surface area contributed by atoms with Crippen molar-refractivity contribution in [2.45, 2.75) is 13.0 Å². The quantitative estimate of drug-likeness (QED) is 0.809. The summed E-state index contributed by atoms with van der Waals surface area (Å²) in [5.41, 5.74) is 0.539. The number of nitrogens with zero attached hydrogens (tertiary/aromatic N) is 2. The summed E-state index contributed by atoms with van der Waals surface area (Å²) in [5, 5.41) is 0.877. The van der Waals surface area contributed by atoms with E-state index in [2.05, 4.69) is 21.8 Å². The summed E-state index contributed by atoms with van der Waals surface area (Å²) in [6, 6.07) is 3.50. The van der Waals surface area contributed by atoms with E-state index in [1.54, 1.807) is 12.1 Å². The normalized spacial score (nSPS) is 19.9. The number of hydrogen-bond acceptors (Lipinski definition) is 4. The number of hydrogen-bond donors (Lipinski definition) is 1. The molecule has 1 N–H and O–H groups in total. The van der Waals surface area contributed by atoms with Crippen molar-refractivity contribution in [3.05, 3.63) is 33.7 Å². The highest BCUT2D eigenvalue weighted by molar-refractivity contribution is 6.33. The molecule has 1 saturated heterocycles. The third-order valence-corrected chi connectivity index (χ3v) is 3.65. The van der Waals surface area contributed by atoms with E-state index in [0.29, 0.717) is 29.3 Å². The number of fused-ring (bicyclic) bond motifs is 1. The molecule has 0 aliphatic carbocycles. The van der Waals surface area contributed by atoms with E-state index in [1.165, 1.54) is 6.20 Å². The summed E-state index contributed by atoms with van der Waals surface area (Å²) in [6.45, 7) is 4.12. The Morgan fingerprint density at radius 1 is 1.58 bits per heavy atom. The number of aromatic amines is 1. The van der Waals surface area contributed by atoms with E-state index in [0.717, 1.165) is 12.4 Å². The molecule has 2 aromatic rings. The van der Waals surface area contributed by atoms with E-state index in [-0.39, 0.29) is 11.5 Å². The zero-order chi connectivity index (χ0) is 13.4. The average Bonchev–Trinajstić information content (AvgIpc) is 2.40. The van der Waals surface area contributed by atoms with Crippen molar-refractivity contribution in [1.82, 2.24) is 9.97 Å². The molecule has 1 fully saturated rings. The van der Waals surface area contributed by atoms with Gasteiger partial charge in [0.25, 0.3) is 0 Å². The molecule has 100 valence electrons. The van der Waals surface area contributed by atoms with Crippen LogP contribution in [0.2, 0.25) is 5.15 Å². The first-order valence-corrected chi connectivity index (χ1v) is 6.56. The number of anilines is 1. The Morgan fingerprint density at radius 2 is 2.42 bits per heavy atom. The molecule has 0 saturated carbocycles. The lowest BCUT2D eigenvalue weighted by Gasteiger charge is -2.34. The smallest absolute Gasteiger partial charge is 0.191 e. The van der Waals surface area contributed by atoms with Crippen LogP contribution >= 0.6 is 11.6 Å². The van der Waals surface area contributed by atoms with Crippen molar-refractivity contribution < 1.29 is 4.74 Å². The van der Waals surface area contributed by atoms with Crippen molar-refractivity contribution in [2.75, 3.05) is 24.7 Å². The SMILES string of the molecule is C[C@H]1COCCN1c1cc(=O)c2ccnc(Cl)c2[nH]1. The van der Waals surface area contributed by atoms with Crippen molar-refractivity contribution in [3.63, 3.8) is 0 Å². The third-order valence-electron chi connectivity index (χ3n) is 3.37. The Labute approximate surface area is 115 Å². The largest absolute Gasteiger partial charge is 0.377 e. The van der Waals surface area contributed by atoms with E-state index in [4.69, 9.17) is 16.3 Å². The fraction of sp³-hybridized carbons (Fsp3) is 0.385. The zero-order valence-corrected chi connectivity index (χ0v) is 11.3. The lowest BCUT2D eigenvalue weighted by Crippen LogP contribution is -2.44. The lowest BCUT2D eigenvalue weighted by atomic mass is 10.2. The fourth-order valence-electron chi connectivity index (χ4n) is 2.37. The van der Waals surface area contributed by atoms with Crippen molar-refractivity contribution in [3.8, 4) is 0 Å². The van der Waals surface area contributed by atoms with Crippen LogP contribution in [0.3, 0.4) is 0 Å². The van der Waals surface area contributed by atoms with Gasteiger partial charge in [-0.25, -0.2) is 4.98 Å². The maximum Gasteiger partial charge on any atom is 0.191 e. The molecule has 0 unspecified atom stereocenters. The predicted molar refractivity (Wildman–Crippen MR) is 75.0 cm³/mol. The Bertz CT molecular complexity index is 670. The molecule has 3 rings (SSSR count). The van der Waals surface area contributed by atoms with Crippen LogP contribution in [0.5, 0.6) is 0 Å². The number of ether oxygens (including phenoxy) is 1. The number of nitrogens with one attached hydrogen (secondary N) is 1. The number of pyridine rings is 2. The summed E-state index contributed by atoms with van der Waals surface area (Å²) >= 11 is 6.05. The van der Waals surface area contributed by atoms with E-state index in [9.17, 15) is 4.79 Å². The standard InChI is InChI=1S/C13H14ClN3O2/c1-8-7-19-5-4-17(8)11-6-10(18)9-2-3-15-13(14)12(9)16-11/h2-3,6,8H,4-5,7H2,1H3,(H,16,18)/t8-/m0/s1. The molecule has 1 aliphatic rings. The second kappa shape index (κ2) is 4.83. The monoisotopic (exact) mass is 279 g/mol. The number of halogens is 1. The van der Waals surface area contributed by atoms with Gasteiger partial charge in [-0.2, -0.15) is 0 Å². The van der Waals surface area contributed by atoms with Crippen LogP contribution in [0, 0.1) is 0 Å². The Hall–Kier alpha value is -1.59. The molecule has 1 atom stereocenters. The zero-order valence-electron chi connectivity index (χ0n) is 10.5. The molecule has 0 aromatic carbocycles. The third kappa shape index (κ3) is 2.19. The minimum Gasteiger partial charge on any atom is -0.377 e. The van der Waals surface area contributed by atoms with Gasteiger partial charge in [0, 0.05) is 18.8 Å². The lowest BCUT2D eigenvalue weighted by molar-refractivity contribution is 0.0985. The van der Waals surface area contributed by atoms with Crippen LogP contribution in [0.25, 0.3) is 10.9 Å². The molecule has 3 heterocycles. The van der Waals surface area contributed by atoms with Crippen LogP contribution in [-0.4, -0.2) is 35.8 Å². The van der Waals surface area contributed by atoms with Gasteiger partial charge in [-0.1, -0.05) is 11.6 Å². The molecule has 0 amide bonds. The van der Waals surface area contributed by atoms with Crippen LogP contribution in [0.1, 0.15) is 6.92 Å². The fourth-order valence-corrected chi connectivity index (χ4v) is 2.57. The highest BCUT2D eigenvalue weighted by Crippen LogP contribution is 2.21. The minimum atomic E-state index is -0.0493. The highest BCUT2D eigenvalue weighted by atomic mass is 35.5. The van der Waals surface area contributed by atoms with Gasteiger partial charge in [-0.15, -0.1) is 0 Å². The maximum absolute atomic E-state index is 12.1. The predicted octanol–water partition coefficient (Wildman–Crippen LogP) is 1.80. The molecule has 0 bridgehead atoms. The maximum atomic E-state index is 12.1. The van der Waals surface area contributed by atoms with Gasteiger partial charge in [0.05, 0.1) is 30.2 Å². The number of H-pyrrole nitrogens is 1. The van der Waals surface area contributed by atoms with Gasteiger partial charge in [0.15, 0.2) is 10.6 Å². The summed E-state index contributed by atoms with van der Waals surface area (Å²) in [6.07, 6.45) is 1.54. The number of aromatic nitrogens is 2. The second-order valence-corrected chi connectivity index (χ2v) is 5.02. The minimum absolute atomic E-state index is 0.0493. The van der Waals surface area contributed by atoms with E-state index in [1.807, 2.05) is 0 Å². The van der Waals surface area contributed by atoms with Gasteiger partial charge < -0.3 is 14.6 Å². The van der Waals surface area contributed by atoms with Gasteiger partial charge in [-0.3, -0.25) is 4.79 Å². The number of rotatable bonds is 1. The summed E-state index contributed by atoms with van der Waals surface area (Å²) in [7, 11) is 0. The van der Waals surface area contributed by atoms with Gasteiger partial charge in [0.1, 0.15) is 5.82 Å². The first kappa shape index (κ1) is 12.4. The molecule has 19 heavy (non-hydrogen) atoms. The first-order chi connectivity index (χ1) is 9.16. The van der Waals surface area contributed by atoms with E-state index < -0.39 is 0 Å².